The van der Waals surface area contributed by atoms with Crippen molar-refractivity contribution in [2.75, 3.05) is 0 Å². The first-order valence-electron chi connectivity index (χ1n) is 3.41. The zero-order valence-electron chi connectivity index (χ0n) is 6.50. The highest BCUT2D eigenvalue weighted by atomic mass is 35.5. The summed E-state index contributed by atoms with van der Waals surface area (Å²) in [6.07, 6.45) is 2.70. The Hall–Kier alpha value is -0.600. The van der Waals surface area contributed by atoms with Crippen molar-refractivity contribution in [3.63, 3.8) is 0 Å². The fraction of sp³-hybridized carbons (Fsp3) is 0.375. The zero-order valence-corrected chi connectivity index (χ0v) is 7.26. The van der Waals surface area contributed by atoms with E-state index in [0.717, 1.165) is 11.1 Å². The maximum absolute atomic E-state index is 9.27. The van der Waals surface area contributed by atoms with Crippen LogP contribution in [0.25, 0.3) is 0 Å². The van der Waals surface area contributed by atoms with E-state index in [9.17, 15) is 5.11 Å². The highest BCUT2D eigenvalue weighted by Crippen LogP contribution is 2.24. The molecule has 1 aromatic heterocycles. The molecule has 1 atom stereocenters. The highest BCUT2D eigenvalue weighted by molar-refractivity contribution is 6.31. The maximum Gasteiger partial charge on any atom is 0.0780 e. The number of nitrogens with zero attached hydrogens (tertiary/aromatic N) is 1. The number of pyridine rings is 1. The molecule has 0 fully saturated rings. The van der Waals surface area contributed by atoms with Gasteiger partial charge in [-0.15, -0.1) is 0 Å². The lowest BCUT2D eigenvalue weighted by molar-refractivity contribution is 0.198. The zero-order chi connectivity index (χ0) is 8.43. The SMILES string of the molecule is Cc1cncc(Cl)c1C(C)O. The van der Waals surface area contributed by atoms with Gasteiger partial charge < -0.3 is 5.11 Å². The summed E-state index contributed by atoms with van der Waals surface area (Å²) in [6.45, 7) is 3.56. The van der Waals surface area contributed by atoms with E-state index < -0.39 is 6.10 Å². The molecule has 3 heteroatoms. The van der Waals surface area contributed by atoms with Gasteiger partial charge in [0.2, 0.25) is 0 Å². The summed E-state index contributed by atoms with van der Waals surface area (Å²) in [5.41, 5.74) is 1.69. The fourth-order valence-electron chi connectivity index (χ4n) is 1.07. The molecule has 11 heavy (non-hydrogen) atoms. The maximum atomic E-state index is 9.27. The number of hydrogen-bond acceptors (Lipinski definition) is 2. The molecule has 2 nitrogen and oxygen atoms in total. The van der Waals surface area contributed by atoms with Gasteiger partial charge in [0.05, 0.1) is 11.1 Å². The Morgan fingerprint density at radius 1 is 1.55 bits per heavy atom. The molecule has 1 N–H and O–H groups in total. The number of rotatable bonds is 1. The molecule has 0 saturated carbocycles. The van der Waals surface area contributed by atoms with E-state index in [2.05, 4.69) is 4.98 Å². The molecule has 0 aromatic carbocycles. The van der Waals surface area contributed by atoms with E-state index in [0.29, 0.717) is 5.02 Å². The topological polar surface area (TPSA) is 33.1 Å². The summed E-state index contributed by atoms with van der Waals surface area (Å²) in [5.74, 6) is 0. The van der Waals surface area contributed by atoms with Gasteiger partial charge >= 0.3 is 0 Å². The second-order valence-electron chi connectivity index (χ2n) is 2.53. The van der Waals surface area contributed by atoms with Crippen molar-refractivity contribution in [1.82, 2.24) is 4.98 Å². The van der Waals surface area contributed by atoms with Gasteiger partial charge in [-0.1, -0.05) is 11.6 Å². The second kappa shape index (κ2) is 3.20. The Morgan fingerprint density at radius 3 is 2.55 bits per heavy atom. The largest absolute Gasteiger partial charge is 0.389 e. The van der Waals surface area contributed by atoms with Crippen LogP contribution in [0.1, 0.15) is 24.2 Å². The summed E-state index contributed by atoms with van der Waals surface area (Å²) < 4.78 is 0. The van der Waals surface area contributed by atoms with Crippen molar-refractivity contribution in [3.05, 3.63) is 28.5 Å². The molecule has 0 aliphatic carbocycles. The summed E-state index contributed by atoms with van der Waals surface area (Å²) in [6, 6.07) is 0. The highest BCUT2D eigenvalue weighted by Gasteiger charge is 2.08. The van der Waals surface area contributed by atoms with E-state index >= 15 is 0 Å². The quantitative estimate of drug-likeness (QED) is 0.702. The van der Waals surface area contributed by atoms with Crippen LogP contribution in [-0.4, -0.2) is 10.1 Å². The van der Waals surface area contributed by atoms with Gasteiger partial charge in [0.15, 0.2) is 0 Å². The van der Waals surface area contributed by atoms with Crippen LogP contribution in [-0.2, 0) is 0 Å². The van der Waals surface area contributed by atoms with Gasteiger partial charge in [-0.25, -0.2) is 0 Å². The minimum atomic E-state index is -0.523. The lowest BCUT2D eigenvalue weighted by Crippen LogP contribution is -1.96. The van der Waals surface area contributed by atoms with Crippen LogP contribution in [0, 0.1) is 6.92 Å². The normalized spacial score (nSPS) is 13.1. The molecule has 0 radical (unpaired) electrons. The van der Waals surface area contributed by atoms with E-state index in [-0.39, 0.29) is 0 Å². The number of hydrogen-bond donors (Lipinski definition) is 1. The van der Waals surface area contributed by atoms with Gasteiger partial charge in [-0.2, -0.15) is 0 Å². The van der Waals surface area contributed by atoms with E-state index in [1.807, 2.05) is 6.92 Å². The summed E-state index contributed by atoms with van der Waals surface area (Å²) >= 11 is 5.80. The standard InChI is InChI=1S/C8H10ClNO/c1-5-3-10-4-7(9)8(5)6(2)11/h3-4,6,11H,1-2H3. The Morgan fingerprint density at radius 2 is 2.18 bits per heavy atom. The molecular weight excluding hydrogens is 162 g/mol. The third-order valence-corrected chi connectivity index (χ3v) is 1.86. The van der Waals surface area contributed by atoms with Crippen LogP contribution in [0.2, 0.25) is 5.02 Å². The van der Waals surface area contributed by atoms with E-state index in [4.69, 9.17) is 11.6 Å². The number of aromatic nitrogens is 1. The van der Waals surface area contributed by atoms with Crippen LogP contribution in [0.5, 0.6) is 0 Å². The number of aryl methyl sites for hydroxylation is 1. The predicted molar refractivity (Wildman–Crippen MR) is 44.6 cm³/mol. The molecule has 0 aliphatic rings. The van der Waals surface area contributed by atoms with Crippen molar-refractivity contribution >= 4 is 11.6 Å². The van der Waals surface area contributed by atoms with Crippen molar-refractivity contribution in [2.24, 2.45) is 0 Å². The Balaban J connectivity index is 3.21. The van der Waals surface area contributed by atoms with Crippen LogP contribution in [0.15, 0.2) is 12.4 Å². The van der Waals surface area contributed by atoms with Crippen LogP contribution >= 0.6 is 11.6 Å². The van der Waals surface area contributed by atoms with Gasteiger partial charge in [-0.3, -0.25) is 4.98 Å². The molecular formula is C8H10ClNO. The molecule has 60 valence electrons. The van der Waals surface area contributed by atoms with E-state index in [1.165, 1.54) is 6.20 Å². The minimum absolute atomic E-state index is 0.523. The lowest BCUT2D eigenvalue weighted by atomic mass is 10.1. The summed E-state index contributed by atoms with van der Waals surface area (Å²) in [5, 5.41) is 9.80. The van der Waals surface area contributed by atoms with Crippen molar-refractivity contribution < 1.29 is 5.11 Å². The average Bonchev–Trinajstić information content (AvgIpc) is 1.85. The van der Waals surface area contributed by atoms with Crippen LogP contribution in [0.4, 0.5) is 0 Å². The first-order valence-corrected chi connectivity index (χ1v) is 3.78. The number of halogens is 1. The third-order valence-electron chi connectivity index (χ3n) is 1.56. The Kier molecular flexibility index (Phi) is 2.47. The molecule has 0 aliphatic heterocycles. The Labute approximate surface area is 70.8 Å². The molecule has 0 spiro atoms. The Bertz CT molecular complexity index is 240. The smallest absolute Gasteiger partial charge is 0.0780 e. The molecule has 0 amide bonds. The molecule has 1 aromatic rings. The minimum Gasteiger partial charge on any atom is -0.389 e. The predicted octanol–water partition coefficient (Wildman–Crippen LogP) is 2.10. The van der Waals surface area contributed by atoms with Gasteiger partial charge in [0.25, 0.3) is 0 Å². The number of aliphatic hydroxyl groups excluding tert-OH is 1. The lowest BCUT2D eigenvalue weighted by Gasteiger charge is -2.09. The molecule has 1 heterocycles. The summed E-state index contributed by atoms with van der Waals surface area (Å²) in [4.78, 5) is 3.88. The van der Waals surface area contributed by atoms with Gasteiger partial charge in [-0.05, 0) is 19.4 Å². The molecule has 1 unspecified atom stereocenters. The summed E-state index contributed by atoms with van der Waals surface area (Å²) in [7, 11) is 0. The van der Waals surface area contributed by atoms with Gasteiger partial charge in [0.1, 0.15) is 0 Å². The monoisotopic (exact) mass is 171 g/mol. The fourth-order valence-corrected chi connectivity index (χ4v) is 1.43. The van der Waals surface area contributed by atoms with Gasteiger partial charge in [0, 0.05) is 18.0 Å². The molecule has 0 saturated heterocycles. The van der Waals surface area contributed by atoms with Crippen molar-refractivity contribution in [3.8, 4) is 0 Å². The first-order chi connectivity index (χ1) is 5.13. The van der Waals surface area contributed by atoms with Crippen LogP contribution < -0.4 is 0 Å². The van der Waals surface area contributed by atoms with Crippen molar-refractivity contribution in [1.29, 1.82) is 0 Å². The number of aliphatic hydroxyl groups is 1. The average molecular weight is 172 g/mol. The third kappa shape index (κ3) is 1.70. The first kappa shape index (κ1) is 8.50. The van der Waals surface area contributed by atoms with Crippen molar-refractivity contribution in [2.45, 2.75) is 20.0 Å². The van der Waals surface area contributed by atoms with Crippen LogP contribution in [0.3, 0.4) is 0 Å². The van der Waals surface area contributed by atoms with E-state index in [1.54, 1.807) is 13.1 Å². The molecule has 0 bridgehead atoms. The second-order valence-corrected chi connectivity index (χ2v) is 2.94. The molecule has 1 rings (SSSR count).